The molecule has 0 saturated heterocycles. The van der Waals surface area contributed by atoms with E-state index in [1.807, 2.05) is 17.8 Å². The number of hydrogen-bond donors (Lipinski definition) is 1. The zero-order chi connectivity index (χ0) is 14.9. The van der Waals surface area contributed by atoms with Crippen molar-refractivity contribution in [3.05, 3.63) is 35.4 Å². The van der Waals surface area contributed by atoms with E-state index in [2.05, 4.69) is 23.5 Å². The van der Waals surface area contributed by atoms with Gasteiger partial charge in [-0.3, -0.25) is 0 Å². The molecule has 1 fully saturated rings. The minimum Gasteiger partial charge on any atom is -0.306 e. The molecule has 0 amide bonds. The van der Waals surface area contributed by atoms with Crippen LogP contribution in [-0.2, 0) is 5.75 Å². The van der Waals surface area contributed by atoms with Crippen molar-refractivity contribution in [2.24, 2.45) is 5.92 Å². The van der Waals surface area contributed by atoms with Crippen LogP contribution in [0.4, 0.5) is 13.2 Å². The standard InChI is InChI=1S/C16H20F3NS/c17-16(18,19)12-5-7-13(8-6-12)20-15-10-21-9-11-3-1-2-4-14(11)15/h1-4,12-13,15,20H,5-10H2. The predicted molar refractivity (Wildman–Crippen MR) is 80.3 cm³/mol. The number of hydrogen-bond acceptors (Lipinski definition) is 2. The lowest BCUT2D eigenvalue weighted by Gasteiger charge is -2.35. The highest BCUT2D eigenvalue weighted by Crippen LogP contribution is 2.39. The molecule has 0 aromatic heterocycles. The second-order valence-electron chi connectivity index (χ2n) is 6.02. The van der Waals surface area contributed by atoms with Gasteiger partial charge in [0, 0.05) is 23.6 Å². The summed E-state index contributed by atoms with van der Waals surface area (Å²) in [5.41, 5.74) is 2.68. The summed E-state index contributed by atoms with van der Waals surface area (Å²) in [5, 5.41) is 3.60. The first-order valence-electron chi connectivity index (χ1n) is 7.52. The van der Waals surface area contributed by atoms with Gasteiger partial charge in [0.1, 0.15) is 0 Å². The largest absolute Gasteiger partial charge is 0.391 e. The minimum atomic E-state index is -4.02. The summed E-state index contributed by atoms with van der Waals surface area (Å²) in [6, 6.07) is 8.90. The van der Waals surface area contributed by atoms with Gasteiger partial charge in [0.15, 0.2) is 0 Å². The number of nitrogens with one attached hydrogen (secondary N) is 1. The zero-order valence-electron chi connectivity index (χ0n) is 11.8. The van der Waals surface area contributed by atoms with Gasteiger partial charge in [-0.25, -0.2) is 0 Å². The number of halogens is 3. The van der Waals surface area contributed by atoms with E-state index in [0.29, 0.717) is 12.8 Å². The first-order chi connectivity index (χ1) is 10.0. The molecule has 1 N–H and O–H groups in total. The van der Waals surface area contributed by atoms with Gasteiger partial charge < -0.3 is 5.32 Å². The number of alkyl halides is 3. The summed E-state index contributed by atoms with van der Waals surface area (Å²) in [4.78, 5) is 0. The van der Waals surface area contributed by atoms with Crippen LogP contribution in [-0.4, -0.2) is 18.0 Å². The molecule has 0 bridgehead atoms. The third-order valence-electron chi connectivity index (χ3n) is 4.60. The molecule has 3 rings (SSSR count). The molecule has 1 saturated carbocycles. The van der Waals surface area contributed by atoms with Crippen LogP contribution in [0.1, 0.15) is 42.9 Å². The normalized spacial score (nSPS) is 30.0. The van der Waals surface area contributed by atoms with Crippen molar-refractivity contribution in [2.75, 3.05) is 5.75 Å². The van der Waals surface area contributed by atoms with Gasteiger partial charge in [0.25, 0.3) is 0 Å². The summed E-state index contributed by atoms with van der Waals surface area (Å²) in [6.07, 6.45) is -2.22. The van der Waals surface area contributed by atoms with Gasteiger partial charge in [-0.1, -0.05) is 24.3 Å². The van der Waals surface area contributed by atoms with Gasteiger partial charge in [-0.05, 0) is 36.8 Å². The Labute approximate surface area is 127 Å². The summed E-state index contributed by atoms with van der Waals surface area (Å²) in [5.74, 6) is 0.953. The second-order valence-corrected chi connectivity index (χ2v) is 7.05. The summed E-state index contributed by atoms with van der Waals surface area (Å²) in [6.45, 7) is 0. The molecule has 1 nitrogen and oxygen atoms in total. The number of thioether (sulfide) groups is 1. The van der Waals surface area contributed by atoms with Crippen LogP contribution < -0.4 is 5.32 Å². The molecule has 1 aliphatic heterocycles. The highest BCUT2D eigenvalue weighted by Gasteiger charge is 2.41. The molecule has 1 unspecified atom stereocenters. The van der Waals surface area contributed by atoms with Crippen molar-refractivity contribution in [2.45, 2.75) is 49.7 Å². The average molecular weight is 315 g/mol. The third kappa shape index (κ3) is 3.57. The smallest absolute Gasteiger partial charge is 0.306 e. The highest BCUT2D eigenvalue weighted by molar-refractivity contribution is 7.98. The SMILES string of the molecule is FC(F)(F)C1CCC(NC2CSCc3ccccc32)CC1. The molecule has 1 heterocycles. The molecule has 0 spiro atoms. The van der Waals surface area contributed by atoms with E-state index in [0.717, 1.165) is 11.5 Å². The Morgan fingerprint density at radius 3 is 2.48 bits per heavy atom. The number of fused-ring (bicyclic) bond motifs is 1. The van der Waals surface area contributed by atoms with E-state index in [9.17, 15) is 13.2 Å². The lowest BCUT2D eigenvalue weighted by Crippen LogP contribution is -2.40. The molecular weight excluding hydrogens is 295 g/mol. The fourth-order valence-electron chi connectivity index (χ4n) is 3.39. The molecular formula is C16H20F3NS. The van der Waals surface area contributed by atoms with Crippen molar-refractivity contribution in [3.8, 4) is 0 Å². The van der Waals surface area contributed by atoms with Gasteiger partial charge in [0.05, 0.1) is 5.92 Å². The van der Waals surface area contributed by atoms with Crippen molar-refractivity contribution < 1.29 is 13.2 Å². The maximum Gasteiger partial charge on any atom is 0.391 e. The molecule has 0 radical (unpaired) electrons. The molecule has 1 aromatic rings. The van der Waals surface area contributed by atoms with E-state index in [4.69, 9.17) is 0 Å². The van der Waals surface area contributed by atoms with E-state index >= 15 is 0 Å². The quantitative estimate of drug-likeness (QED) is 0.850. The van der Waals surface area contributed by atoms with Crippen LogP contribution in [0.15, 0.2) is 24.3 Å². The Balaban J connectivity index is 1.59. The van der Waals surface area contributed by atoms with Gasteiger partial charge in [-0.2, -0.15) is 24.9 Å². The molecule has 2 aliphatic rings. The van der Waals surface area contributed by atoms with Crippen molar-refractivity contribution in [3.63, 3.8) is 0 Å². The van der Waals surface area contributed by atoms with E-state index in [1.165, 1.54) is 11.1 Å². The van der Waals surface area contributed by atoms with Gasteiger partial charge in [0.2, 0.25) is 0 Å². The Bertz CT molecular complexity index is 481. The summed E-state index contributed by atoms with van der Waals surface area (Å²) < 4.78 is 38.1. The topological polar surface area (TPSA) is 12.0 Å². The van der Waals surface area contributed by atoms with Crippen LogP contribution in [0, 0.1) is 5.92 Å². The molecule has 1 atom stereocenters. The Morgan fingerprint density at radius 2 is 1.76 bits per heavy atom. The first kappa shape index (κ1) is 15.2. The Kier molecular flexibility index (Phi) is 4.50. The molecule has 21 heavy (non-hydrogen) atoms. The number of benzene rings is 1. The van der Waals surface area contributed by atoms with Crippen LogP contribution in [0.2, 0.25) is 0 Å². The van der Waals surface area contributed by atoms with Crippen LogP contribution >= 0.6 is 11.8 Å². The molecule has 1 aliphatic carbocycles. The first-order valence-corrected chi connectivity index (χ1v) is 8.68. The fraction of sp³-hybridized carbons (Fsp3) is 0.625. The second kappa shape index (κ2) is 6.21. The lowest BCUT2D eigenvalue weighted by molar-refractivity contribution is -0.182. The maximum atomic E-state index is 12.7. The van der Waals surface area contributed by atoms with E-state index in [-0.39, 0.29) is 24.9 Å². The summed E-state index contributed by atoms with van der Waals surface area (Å²) >= 11 is 1.90. The Hall–Kier alpha value is -0.680. The molecule has 5 heteroatoms. The van der Waals surface area contributed by atoms with Gasteiger partial charge in [-0.15, -0.1) is 0 Å². The van der Waals surface area contributed by atoms with E-state index < -0.39 is 12.1 Å². The van der Waals surface area contributed by atoms with Crippen molar-refractivity contribution in [1.82, 2.24) is 5.32 Å². The molecule has 1 aromatic carbocycles. The van der Waals surface area contributed by atoms with Crippen LogP contribution in [0.25, 0.3) is 0 Å². The van der Waals surface area contributed by atoms with E-state index in [1.54, 1.807) is 0 Å². The van der Waals surface area contributed by atoms with Crippen molar-refractivity contribution >= 4 is 11.8 Å². The predicted octanol–water partition coefficient (Wildman–Crippen LogP) is 4.69. The molecule has 116 valence electrons. The lowest BCUT2D eigenvalue weighted by atomic mass is 9.85. The fourth-order valence-corrected chi connectivity index (χ4v) is 4.50. The summed E-state index contributed by atoms with van der Waals surface area (Å²) in [7, 11) is 0. The van der Waals surface area contributed by atoms with Crippen LogP contribution in [0.3, 0.4) is 0 Å². The average Bonchev–Trinajstić information content (AvgIpc) is 2.47. The van der Waals surface area contributed by atoms with Gasteiger partial charge >= 0.3 is 6.18 Å². The maximum absolute atomic E-state index is 12.7. The zero-order valence-corrected chi connectivity index (χ0v) is 12.6. The number of rotatable bonds is 2. The monoisotopic (exact) mass is 315 g/mol. The minimum absolute atomic E-state index is 0.223. The van der Waals surface area contributed by atoms with Crippen LogP contribution in [0.5, 0.6) is 0 Å². The Morgan fingerprint density at radius 1 is 1.05 bits per heavy atom. The third-order valence-corrected chi connectivity index (χ3v) is 5.68. The highest BCUT2D eigenvalue weighted by atomic mass is 32.2. The van der Waals surface area contributed by atoms with Crippen molar-refractivity contribution in [1.29, 1.82) is 0 Å².